The monoisotopic (exact) mass is 333 g/mol. The summed E-state index contributed by atoms with van der Waals surface area (Å²) in [5, 5.41) is 14.6. The van der Waals surface area contributed by atoms with Gasteiger partial charge in [-0.1, -0.05) is 11.6 Å². The van der Waals surface area contributed by atoms with Gasteiger partial charge in [-0.05, 0) is 30.3 Å². The Kier molecular flexibility index (Phi) is 3.79. The lowest BCUT2D eigenvalue weighted by atomic mass is 10.1. The van der Waals surface area contributed by atoms with E-state index in [0.717, 1.165) is 0 Å². The van der Waals surface area contributed by atoms with Gasteiger partial charge in [-0.15, -0.1) is 0 Å². The number of benzene rings is 2. The van der Waals surface area contributed by atoms with Gasteiger partial charge in [-0.3, -0.25) is 24.7 Å². The molecule has 1 heterocycles. The second-order valence-corrected chi connectivity index (χ2v) is 5.38. The fourth-order valence-corrected chi connectivity index (χ4v) is 2.60. The van der Waals surface area contributed by atoms with Gasteiger partial charge in [0.25, 0.3) is 11.2 Å². The van der Waals surface area contributed by atoms with Gasteiger partial charge in [0.1, 0.15) is 5.75 Å². The van der Waals surface area contributed by atoms with Crippen molar-refractivity contribution in [1.29, 1.82) is 0 Å². The van der Waals surface area contributed by atoms with E-state index in [1.54, 1.807) is 35.0 Å². The van der Waals surface area contributed by atoms with Crippen molar-refractivity contribution < 1.29 is 9.66 Å². The third kappa shape index (κ3) is 2.78. The van der Waals surface area contributed by atoms with Crippen LogP contribution in [0, 0.1) is 10.1 Å². The number of nitrogens with one attached hydrogen (secondary N) is 1. The Balaban J connectivity index is 2.09. The van der Waals surface area contributed by atoms with Crippen LogP contribution in [0.4, 0.5) is 5.69 Å². The van der Waals surface area contributed by atoms with Crippen molar-refractivity contribution in [3.05, 3.63) is 67.5 Å². The topological polar surface area (TPSA) is 90.2 Å². The minimum absolute atomic E-state index is 0.0892. The number of nitro groups is 1. The van der Waals surface area contributed by atoms with Crippen LogP contribution < -0.4 is 10.3 Å². The Morgan fingerprint density at radius 3 is 2.78 bits per heavy atom. The summed E-state index contributed by atoms with van der Waals surface area (Å²) in [6, 6.07) is 9.53. The first-order valence-electron chi connectivity index (χ1n) is 6.69. The normalized spacial score (nSPS) is 10.9. The lowest BCUT2D eigenvalue weighted by molar-refractivity contribution is -0.385. The highest BCUT2D eigenvalue weighted by Crippen LogP contribution is 2.25. The predicted octanol–water partition coefficient (Wildman–Crippen LogP) is 2.95. The molecule has 0 atom stereocenters. The molecule has 2 aromatic carbocycles. The molecule has 8 heteroatoms. The Labute approximate surface area is 135 Å². The molecule has 0 spiro atoms. The molecule has 0 saturated carbocycles. The van der Waals surface area contributed by atoms with E-state index in [-0.39, 0.29) is 22.8 Å². The van der Waals surface area contributed by atoms with E-state index in [2.05, 4.69) is 5.10 Å². The van der Waals surface area contributed by atoms with Crippen LogP contribution in [-0.2, 0) is 6.54 Å². The zero-order chi connectivity index (χ0) is 16.6. The van der Waals surface area contributed by atoms with Crippen LogP contribution in [0.3, 0.4) is 0 Å². The van der Waals surface area contributed by atoms with Crippen molar-refractivity contribution in [3.8, 4) is 5.75 Å². The fourth-order valence-electron chi connectivity index (χ4n) is 2.44. The zero-order valence-corrected chi connectivity index (χ0v) is 12.8. The van der Waals surface area contributed by atoms with Crippen LogP contribution in [0.5, 0.6) is 5.75 Å². The third-order valence-corrected chi connectivity index (χ3v) is 3.78. The first-order chi connectivity index (χ1) is 11.0. The second kappa shape index (κ2) is 5.77. The quantitative estimate of drug-likeness (QED) is 0.587. The van der Waals surface area contributed by atoms with Crippen LogP contribution >= 0.6 is 11.6 Å². The minimum Gasteiger partial charge on any atom is -0.497 e. The highest BCUT2D eigenvalue weighted by atomic mass is 35.5. The van der Waals surface area contributed by atoms with Crippen molar-refractivity contribution in [2.24, 2.45) is 0 Å². The summed E-state index contributed by atoms with van der Waals surface area (Å²) in [4.78, 5) is 22.7. The molecule has 0 aliphatic heterocycles. The average molecular weight is 334 g/mol. The number of fused-ring (bicyclic) bond motifs is 1. The molecule has 7 nitrogen and oxygen atoms in total. The van der Waals surface area contributed by atoms with Crippen molar-refractivity contribution in [1.82, 2.24) is 9.78 Å². The molecule has 0 unspecified atom stereocenters. The maximum atomic E-state index is 12.0. The lowest BCUT2D eigenvalue weighted by Crippen LogP contribution is -2.08. The maximum Gasteiger partial charge on any atom is 0.275 e. The number of methoxy groups -OCH3 is 1. The predicted molar refractivity (Wildman–Crippen MR) is 86.3 cm³/mol. The molecule has 0 amide bonds. The summed E-state index contributed by atoms with van der Waals surface area (Å²) in [7, 11) is 1.52. The number of aromatic nitrogens is 2. The van der Waals surface area contributed by atoms with Gasteiger partial charge in [0.15, 0.2) is 0 Å². The molecule has 23 heavy (non-hydrogen) atoms. The average Bonchev–Trinajstić information content (AvgIpc) is 2.84. The van der Waals surface area contributed by atoms with Gasteiger partial charge < -0.3 is 4.74 Å². The number of nitro benzene ring substituents is 1. The highest BCUT2D eigenvalue weighted by molar-refractivity contribution is 6.30. The number of halogens is 1. The lowest BCUT2D eigenvalue weighted by Gasteiger charge is -2.06. The Morgan fingerprint density at radius 2 is 2.09 bits per heavy atom. The van der Waals surface area contributed by atoms with Gasteiger partial charge in [0.2, 0.25) is 0 Å². The molecule has 0 aliphatic rings. The molecular weight excluding hydrogens is 322 g/mol. The highest BCUT2D eigenvalue weighted by Gasteiger charge is 2.16. The maximum absolute atomic E-state index is 12.0. The molecule has 0 bridgehead atoms. The van der Waals surface area contributed by atoms with Crippen molar-refractivity contribution >= 4 is 28.2 Å². The number of rotatable bonds is 4. The number of nitrogens with zero attached hydrogens (tertiary/aromatic N) is 2. The Hall–Kier alpha value is -2.80. The van der Waals surface area contributed by atoms with Gasteiger partial charge >= 0.3 is 0 Å². The molecule has 0 aliphatic carbocycles. The summed E-state index contributed by atoms with van der Waals surface area (Å²) in [6.07, 6.45) is 0. The summed E-state index contributed by atoms with van der Waals surface area (Å²) in [5.74, 6) is 0.568. The fraction of sp³-hybridized carbons (Fsp3) is 0.133. The number of ether oxygens (including phenoxy) is 1. The first-order valence-corrected chi connectivity index (χ1v) is 7.07. The molecular formula is C15H12ClN3O4. The summed E-state index contributed by atoms with van der Waals surface area (Å²) >= 11 is 5.81. The molecule has 0 fully saturated rings. The molecule has 0 saturated heterocycles. The van der Waals surface area contributed by atoms with Crippen molar-refractivity contribution in [2.45, 2.75) is 6.54 Å². The molecule has 1 aromatic heterocycles. The van der Waals surface area contributed by atoms with E-state index in [1.165, 1.54) is 13.2 Å². The smallest absolute Gasteiger partial charge is 0.275 e. The van der Waals surface area contributed by atoms with E-state index in [4.69, 9.17) is 16.3 Å². The van der Waals surface area contributed by atoms with Gasteiger partial charge in [-0.25, -0.2) is 0 Å². The van der Waals surface area contributed by atoms with Crippen LogP contribution in [0.15, 0.2) is 41.2 Å². The minimum atomic E-state index is -0.492. The summed E-state index contributed by atoms with van der Waals surface area (Å²) < 4.78 is 6.67. The Morgan fingerprint density at radius 1 is 1.30 bits per heavy atom. The Bertz CT molecular complexity index is 961. The number of aromatic amines is 1. The molecule has 0 radical (unpaired) electrons. The van der Waals surface area contributed by atoms with Gasteiger partial charge in [0, 0.05) is 11.1 Å². The second-order valence-electron chi connectivity index (χ2n) is 4.94. The van der Waals surface area contributed by atoms with Crippen LogP contribution in [-0.4, -0.2) is 21.8 Å². The van der Waals surface area contributed by atoms with Crippen LogP contribution in [0.25, 0.3) is 10.9 Å². The molecule has 3 rings (SSSR count). The SMILES string of the molecule is COc1ccc2c(c1)c(=O)[nH]n2Cc1ccc(Cl)cc1[N+](=O)[O-]. The van der Waals surface area contributed by atoms with Crippen LogP contribution in [0.2, 0.25) is 5.02 Å². The molecule has 3 aromatic rings. The van der Waals surface area contributed by atoms with Crippen LogP contribution in [0.1, 0.15) is 5.56 Å². The third-order valence-electron chi connectivity index (χ3n) is 3.55. The molecule has 118 valence electrons. The number of hydrogen-bond acceptors (Lipinski definition) is 4. The standard InChI is InChI=1S/C15H12ClN3O4/c1-23-11-4-5-13-12(7-11)15(20)17-18(13)8-9-2-3-10(16)6-14(9)19(21)22/h2-7H,8H2,1H3,(H,17,20). The van der Waals surface area contributed by atoms with Crippen molar-refractivity contribution in [3.63, 3.8) is 0 Å². The first kappa shape index (κ1) is 15.1. The molecule has 1 N–H and O–H groups in total. The van der Waals surface area contributed by atoms with E-state index in [0.29, 0.717) is 22.2 Å². The number of hydrogen-bond donors (Lipinski definition) is 1. The van der Waals surface area contributed by atoms with Crippen molar-refractivity contribution in [2.75, 3.05) is 7.11 Å². The zero-order valence-electron chi connectivity index (χ0n) is 12.1. The van der Waals surface area contributed by atoms with Gasteiger partial charge in [0.05, 0.1) is 35.0 Å². The van der Waals surface area contributed by atoms with Gasteiger partial charge in [-0.2, -0.15) is 0 Å². The summed E-state index contributed by atoms with van der Waals surface area (Å²) in [5.41, 5.74) is 0.715. The van der Waals surface area contributed by atoms with E-state index < -0.39 is 4.92 Å². The van der Waals surface area contributed by atoms with E-state index in [9.17, 15) is 14.9 Å². The van der Waals surface area contributed by atoms with E-state index >= 15 is 0 Å². The largest absolute Gasteiger partial charge is 0.497 e. The number of H-pyrrole nitrogens is 1. The summed E-state index contributed by atoms with van der Waals surface area (Å²) in [6.45, 7) is 0.151. The van der Waals surface area contributed by atoms with E-state index in [1.807, 2.05) is 0 Å².